The van der Waals surface area contributed by atoms with E-state index >= 15 is 0 Å². The third kappa shape index (κ3) is 3.71. The number of nitrogens with zero attached hydrogens (tertiary/aromatic N) is 4. The first-order valence-electron chi connectivity index (χ1n) is 9.16. The minimum atomic E-state index is -0.341. The molecule has 1 atom stereocenters. The van der Waals surface area contributed by atoms with E-state index < -0.39 is 0 Å². The number of carbonyl (C=O) groups is 2. The van der Waals surface area contributed by atoms with E-state index in [2.05, 4.69) is 10.2 Å². The Kier molecular flexibility index (Phi) is 4.90. The maximum absolute atomic E-state index is 13.1. The van der Waals surface area contributed by atoms with Gasteiger partial charge in [0.1, 0.15) is 15.8 Å². The van der Waals surface area contributed by atoms with Crippen molar-refractivity contribution in [1.82, 2.24) is 15.1 Å². The van der Waals surface area contributed by atoms with Crippen LogP contribution >= 0.6 is 11.3 Å². The quantitative estimate of drug-likeness (QED) is 0.811. The summed E-state index contributed by atoms with van der Waals surface area (Å²) in [5.41, 5.74) is 0.641. The number of hydrogen-bond acceptors (Lipinski definition) is 5. The minimum absolute atomic E-state index is 0.0415. The molecule has 2 aliphatic rings. The molecule has 1 aromatic carbocycles. The standard InChI is InChI=1S/C19H21FN4O2S/c1-12-21-22-18(27-12)13-6-8-23(9-7-13)19(26)14-10-17(25)24(11-14)16-4-2-15(20)3-5-16/h2-5,13-14H,6-11H2,1H3/t14-/m1/s1. The van der Waals surface area contributed by atoms with Crippen molar-refractivity contribution in [2.24, 2.45) is 5.92 Å². The first-order chi connectivity index (χ1) is 13.0. The Morgan fingerprint density at radius 2 is 1.89 bits per heavy atom. The molecule has 27 heavy (non-hydrogen) atoms. The Hall–Kier alpha value is -2.35. The van der Waals surface area contributed by atoms with Gasteiger partial charge in [-0.2, -0.15) is 0 Å². The van der Waals surface area contributed by atoms with E-state index in [0.717, 1.165) is 22.9 Å². The third-order valence-corrected chi connectivity index (χ3v) is 6.31. The van der Waals surface area contributed by atoms with Crippen molar-refractivity contribution in [1.29, 1.82) is 0 Å². The normalized spacial score (nSPS) is 21.1. The van der Waals surface area contributed by atoms with Gasteiger partial charge in [-0.3, -0.25) is 9.59 Å². The fraction of sp³-hybridized carbons (Fsp3) is 0.474. The number of piperidine rings is 1. The van der Waals surface area contributed by atoms with Crippen LogP contribution in [0.4, 0.5) is 10.1 Å². The average molecular weight is 388 g/mol. The maximum atomic E-state index is 13.1. The Morgan fingerprint density at radius 1 is 1.19 bits per heavy atom. The fourth-order valence-electron chi connectivity index (χ4n) is 3.83. The highest BCUT2D eigenvalue weighted by atomic mass is 32.1. The van der Waals surface area contributed by atoms with Crippen LogP contribution in [0.25, 0.3) is 0 Å². The molecule has 2 aliphatic heterocycles. The van der Waals surface area contributed by atoms with Crippen molar-refractivity contribution in [3.05, 3.63) is 40.1 Å². The van der Waals surface area contributed by atoms with Crippen LogP contribution < -0.4 is 4.90 Å². The molecule has 0 unspecified atom stereocenters. The summed E-state index contributed by atoms with van der Waals surface area (Å²) in [6.07, 6.45) is 1.97. The summed E-state index contributed by atoms with van der Waals surface area (Å²) < 4.78 is 13.1. The smallest absolute Gasteiger partial charge is 0.228 e. The Labute approximate surface area is 161 Å². The zero-order valence-electron chi connectivity index (χ0n) is 15.1. The van der Waals surface area contributed by atoms with Crippen molar-refractivity contribution in [2.75, 3.05) is 24.5 Å². The molecule has 0 bridgehead atoms. The molecule has 8 heteroatoms. The molecule has 2 saturated heterocycles. The number of rotatable bonds is 3. The number of likely N-dealkylation sites (tertiary alicyclic amines) is 1. The van der Waals surface area contributed by atoms with Crippen LogP contribution in [0.15, 0.2) is 24.3 Å². The molecule has 2 fully saturated rings. The van der Waals surface area contributed by atoms with Gasteiger partial charge in [0.05, 0.1) is 5.92 Å². The second-order valence-electron chi connectivity index (χ2n) is 7.14. The van der Waals surface area contributed by atoms with E-state index in [1.54, 1.807) is 28.4 Å². The number of halogens is 1. The summed E-state index contributed by atoms with van der Waals surface area (Å²) in [6, 6.07) is 5.82. The van der Waals surface area contributed by atoms with Gasteiger partial charge in [-0.1, -0.05) is 0 Å². The topological polar surface area (TPSA) is 66.4 Å². The molecule has 2 aromatic rings. The lowest BCUT2D eigenvalue weighted by Gasteiger charge is -2.32. The predicted molar refractivity (Wildman–Crippen MR) is 100 cm³/mol. The van der Waals surface area contributed by atoms with Gasteiger partial charge in [-0.05, 0) is 44.0 Å². The average Bonchev–Trinajstić information content (AvgIpc) is 3.28. The molecule has 0 aliphatic carbocycles. The van der Waals surface area contributed by atoms with Gasteiger partial charge in [-0.15, -0.1) is 21.5 Å². The number of aryl methyl sites for hydroxylation is 1. The van der Waals surface area contributed by atoms with Gasteiger partial charge < -0.3 is 9.80 Å². The van der Waals surface area contributed by atoms with E-state index in [0.29, 0.717) is 31.2 Å². The largest absolute Gasteiger partial charge is 0.342 e. The number of amides is 2. The lowest BCUT2D eigenvalue weighted by atomic mass is 9.96. The molecule has 6 nitrogen and oxygen atoms in total. The molecule has 2 amide bonds. The van der Waals surface area contributed by atoms with Crippen molar-refractivity contribution < 1.29 is 14.0 Å². The van der Waals surface area contributed by atoms with Crippen LogP contribution in [-0.4, -0.2) is 46.5 Å². The maximum Gasteiger partial charge on any atom is 0.228 e. The SMILES string of the molecule is Cc1nnc(C2CCN(C(=O)[C@@H]3CC(=O)N(c4ccc(F)cc4)C3)CC2)s1. The molecule has 0 spiro atoms. The van der Waals surface area contributed by atoms with Crippen LogP contribution in [0, 0.1) is 18.7 Å². The van der Waals surface area contributed by atoms with Crippen molar-refractivity contribution >= 4 is 28.8 Å². The highest BCUT2D eigenvalue weighted by Gasteiger charge is 2.38. The monoisotopic (exact) mass is 388 g/mol. The Bertz CT molecular complexity index is 846. The summed E-state index contributed by atoms with van der Waals surface area (Å²) in [5, 5.41) is 10.3. The van der Waals surface area contributed by atoms with Crippen molar-refractivity contribution in [2.45, 2.75) is 32.1 Å². The fourth-order valence-corrected chi connectivity index (χ4v) is 4.69. The van der Waals surface area contributed by atoms with Gasteiger partial charge >= 0.3 is 0 Å². The molecule has 1 aromatic heterocycles. The number of anilines is 1. The highest BCUT2D eigenvalue weighted by molar-refractivity contribution is 7.11. The second kappa shape index (κ2) is 7.34. The van der Waals surface area contributed by atoms with Gasteiger partial charge in [-0.25, -0.2) is 4.39 Å². The molecule has 4 rings (SSSR count). The zero-order chi connectivity index (χ0) is 19.0. The van der Waals surface area contributed by atoms with E-state index in [4.69, 9.17) is 0 Å². The zero-order valence-corrected chi connectivity index (χ0v) is 15.9. The second-order valence-corrected chi connectivity index (χ2v) is 8.35. The molecular weight excluding hydrogens is 367 g/mol. The number of benzene rings is 1. The van der Waals surface area contributed by atoms with Crippen LogP contribution in [0.2, 0.25) is 0 Å². The summed E-state index contributed by atoms with van der Waals surface area (Å²) in [6.45, 7) is 3.68. The van der Waals surface area contributed by atoms with Crippen molar-refractivity contribution in [3.63, 3.8) is 0 Å². The molecule has 0 saturated carbocycles. The summed E-state index contributed by atoms with van der Waals surface area (Å²) >= 11 is 1.62. The molecule has 3 heterocycles. The van der Waals surface area contributed by atoms with Crippen LogP contribution in [-0.2, 0) is 9.59 Å². The molecule has 142 valence electrons. The summed E-state index contributed by atoms with van der Waals surface area (Å²) in [5.74, 6) is -0.352. The van der Waals surface area contributed by atoms with Crippen molar-refractivity contribution in [3.8, 4) is 0 Å². The lowest BCUT2D eigenvalue weighted by molar-refractivity contribution is -0.136. The Morgan fingerprint density at radius 3 is 2.52 bits per heavy atom. The minimum Gasteiger partial charge on any atom is -0.342 e. The highest BCUT2D eigenvalue weighted by Crippen LogP contribution is 2.32. The summed E-state index contributed by atoms with van der Waals surface area (Å²) in [4.78, 5) is 28.7. The number of aromatic nitrogens is 2. The van der Waals surface area contributed by atoms with Gasteiger partial charge in [0.25, 0.3) is 0 Å². The molecular formula is C19H21FN4O2S. The van der Waals surface area contributed by atoms with Gasteiger partial charge in [0, 0.05) is 37.7 Å². The summed E-state index contributed by atoms with van der Waals surface area (Å²) in [7, 11) is 0. The molecule has 0 radical (unpaired) electrons. The lowest BCUT2D eigenvalue weighted by Crippen LogP contribution is -2.42. The predicted octanol–water partition coefficient (Wildman–Crippen LogP) is 2.74. The van der Waals surface area contributed by atoms with E-state index in [9.17, 15) is 14.0 Å². The number of carbonyl (C=O) groups excluding carboxylic acids is 2. The third-order valence-electron chi connectivity index (χ3n) is 5.31. The van der Waals surface area contributed by atoms with Gasteiger partial charge in [0.15, 0.2) is 0 Å². The Balaban J connectivity index is 1.36. The van der Waals surface area contributed by atoms with Crippen LogP contribution in [0.3, 0.4) is 0 Å². The van der Waals surface area contributed by atoms with Gasteiger partial charge in [0.2, 0.25) is 11.8 Å². The van der Waals surface area contributed by atoms with E-state index in [-0.39, 0.29) is 30.0 Å². The molecule has 0 N–H and O–H groups in total. The van der Waals surface area contributed by atoms with E-state index in [1.165, 1.54) is 12.1 Å². The first kappa shape index (κ1) is 18.0. The first-order valence-corrected chi connectivity index (χ1v) is 9.97. The van der Waals surface area contributed by atoms with Crippen LogP contribution in [0.5, 0.6) is 0 Å². The van der Waals surface area contributed by atoms with E-state index in [1.807, 2.05) is 11.8 Å². The number of hydrogen-bond donors (Lipinski definition) is 0. The van der Waals surface area contributed by atoms with Crippen LogP contribution in [0.1, 0.15) is 35.2 Å².